The second kappa shape index (κ2) is 6.37. The first kappa shape index (κ1) is 14.2. The van der Waals surface area contributed by atoms with Gasteiger partial charge in [0.15, 0.2) is 0 Å². The molecule has 2 heteroatoms. The number of benzene rings is 2. The minimum absolute atomic E-state index is 0.281. The summed E-state index contributed by atoms with van der Waals surface area (Å²) >= 11 is 1.77. The molecule has 1 fully saturated rings. The lowest BCUT2D eigenvalue weighted by Gasteiger charge is -2.32. The number of rotatable bonds is 3. The SMILES string of the molecule is N#CC1(c2ccccc2Sc2ccccc2)CCCCC1. The molecule has 2 aromatic rings. The third kappa shape index (κ3) is 2.99. The van der Waals surface area contributed by atoms with Crippen LogP contribution in [-0.2, 0) is 5.41 Å². The fourth-order valence-corrected chi connectivity index (χ4v) is 4.23. The molecule has 0 spiro atoms. The summed E-state index contributed by atoms with van der Waals surface area (Å²) in [5.74, 6) is 0. The van der Waals surface area contributed by atoms with E-state index in [-0.39, 0.29) is 5.41 Å². The van der Waals surface area contributed by atoms with E-state index in [0.717, 1.165) is 25.7 Å². The predicted molar refractivity (Wildman–Crippen MR) is 87.4 cm³/mol. The quantitative estimate of drug-likeness (QED) is 0.739. The molecule has 0 unspecified atom stereocenters. The van der Waals surface area contributed by atoms with Gasteiger partial charge >= 0.3 is 0 Å². The Hall–Kier alpha value is -1.72. The molecular formula is C19H19NS. The Balaban J connectivity index is 1.97. The molecule has 0 bridgehead atoms. The van der Waals surface area contributed by atoms with Crippen LogP contribution in [0.15, 0.2) is 64.4 Å². The van der Waals surface area contributed by atoms with Gasteiger partial charge in [-0.05, 0) is 36.6 Å². The summed E-state index contributed by atoms with van der Waals surface area (Å²) < 4.78 is 0. The minimum atomic E-state index is -0.281. The smallest absolute Gasteiger partial charge is 0.0833 e. The predicted octanol–water partition coefficient (Wildman–Crippen LogP) is 5.56. The maximum absolute atomic E-state index is 9.83. The minimum Gasteiger partial charge on any atom is -0.197 e. The van der Waals surface area contributed by atoms with Crippen molar-refractivity contribution in [1.29, 1.82) is 5.26 Å². The molecule has 0 saturated heterocycles. The van der Waals surface area contributed by atoms with E-state index in [1.807, 2.05) is 6.07 Å². The van der Waals surface area contributed by atoms with Crippen LogP contribution in [0, 0.1) is 11.3 Å². The van der Waals surface area contributed by atoms with Gasteiger partial charge in [-0.2, -0.15) is 5.26 Å². The molecule has 1 nitrogen and oxygen atoms in total. The Labute approximate surface area is 131 Å². The molecule has 2 aromatic carbocycles. The molecule has 0 aromatic heterocycles. The van der Waals surface area contributed by atoms with Crippen molar-refractivity contribution in [1.82, 2.24) is 0 Å². The molecule has 0 amide bonds. The van der Waals surface area contributed by atoms with Crippen LogP contribution in [0.3, 0.4) is 0 Å². The van der Waals surface area contributed by atoms with Gasteiger partial charge < -0.3 is 0 Å². The van der Waals surface area contributed by atoms with Gasteiger partial charge in [-0.3, -0.25) is 0 Å². The second-order valence-electron chi connectivity index (χ2n) is 5.67. The Morgan fingerprint density at radius 1 is 0.857 bits per heavy atom. The van der Waals surface area contributed by atoms with Crippen LogP contribution in [0.25, 0.3) is 0 Å². The van der Waals surface area contributed by atoms with Crippen LogP contribution in [-0.4, -0.2) is 0 Å². The molecule has 0 aliphatic heterocycles. The number of hydrogen-bond donors (Lipinski definition) is 0. The second-order valence-corrected chi connectivity index (χ2v) is 6.78. The molecule has 1 aliphatic rings. The van der Waals surface area contributed by atoms with E-state index in [1.54, 1.807) is 11.8 Å². The van der Waals surface area contributed by atoms with Crippen molar-refractivity contribution >= 4 is 11.8 Å². The number of nitriles is 1. The summed E-state index contributed by atoms with van der Waals surface area (Å²) in [5, 5.41) is 9.83. The van der Waals surface area contributed by atoms with Crippen molar-refractivity contribution in [3.63, 3.8) is 0 Å². The van der Waals surface area contributed by atoms with Gasteiger partial charge in [0, 0.05) is 9.79 Å². The number of hydrogen-bond acceptors (Lipinski definition) is 2. The summed E-state index contributed by atoms with van der Waals surface area (Å²) in [6.45, 7) is 0. The summed E-state index contributed by atoms with van der Waals surface area (Å²) in [6.07, 6.45) is 5.58. The van der Waals surface area contributed by atoms with Crippen LogP contribution >= 0.6 is 11.8 Å². The largest absolute Gasteiger partial charge is 0.197 e. The highest BCUT2D eigenvalue weighted by molar-refractivity contribution is 7.99. The van der Waals surface area contributed by atoms with E-state index in [1.165, 1.54) is 21.8 Å². The van der Waals surface area contributed by atoms with Crippen molar-refractivity contribution < 1.29 is 0 Å². The molecule has 0 radical (unpaired) electrons. The van der Waals surface area contributed by atoms with E-state index >= 15 is 0 Å². The molecule has 21 heavy (non-hydrogen) atoms. The Kier molecular flexibility index (Phi) is 4.31. The highest BCUT2D eigenvalue weighted by Gasteiger charge is 2.35. The summed E-state index contributed by atoms with van der Waals surface area (Å²) in [4.78, 5) is 2.46. The fourth-order valence-electron chi connectivity index (χ4n) is 3.16. The topological polar surface area (TPSA) is 23.8 Å². The molecule has 0 N–H and O–H groups in total. The van der Waals surface area contributed by atoms with E-state index in [9.17, 15) is 5.26 Å². The Morgan fingerprint density at radius 3 is 2.24 bits per heavy atom. The molecule has 106 valence electrons. The molecule has 0 atom stereocenters. The van der Waals surface area contributed by atoms with E-state index in [0.29, 0.717) is 0 Å². The summed E-state index contributed by atoms with van der Waals surface area (Å²) in [7, 11) is 0. The zero-order chi connectivity index (χ0) is 14.5. The fraction of sp³-hybridized carbons (Fsp3) is 0.316. The lowest BCUT2D eigenvalue weighted by molar-refractivity contribution is 0.361. The molecule has 1 aliphatic carbocycles. The van der Waals surface area contributed by atoms with Gasteiger partial charge in [-0.1, -0.05) is 67.4 Å². The van der Waals surface area contributed by atoms with Gasteiger partial charge in [-0.15, -0.1) is 0 Å². The van der Waals surface area contributed by atoms with E-state index < -0.39 is 0 Å². The van der Waals surface area contributed by atoms with Crippen LogP contribution < -0.4 is 0 Å². The molecule has 1 saturated carbocycles. The van der Waals surface area contributed by atoms with Crippen molar-refractivity contribution in [3.05, 3.63) is 60.2 Å². The molecule has 0 heterocycles. The van der Waals surface area contributed by atoms with Crippen molar-refractivity contribution in [2.24, 2.45) is 0 Å². The normalized spacial score (nSPS) is 17.1. The highest BCUT2D eigenvalue weighted by Crippen LogP contribution is 2.44. The standard InChI is InChI=1S/C19H19NS/c20-15-19(13-7-2-8-14-19)17-11-5-6-12-18(17)21-16-9-3-1-4-10-16/h1,3-6,9-12H,2,7-8,13-14H2. The molecular weight excluding hydrogens is 274 g/mol. The third-order valence-electron chi connectivity index (χ3n) is 4.29. The average Bonchev–Trinajstić information content (AvgIpc) is 2.57. The van der Waals surface area contributed by atoms with Crippen LogP contribution in [0.1, 0.15) is 37.7 Å². The van der Waals surface area contributed by atoms with E-state index in [2.05, 4.69) is 54.6 Å². The van der Waals surface area contributed by atoms with Crippen molar-refractivity contribution in [2.45, 2.75) is 47.3 Å². The third-order valence-corrected chi connectivity index (χ3v) is 5.38. The van der Waals surface area contributed by atoms with E-state index in [4.69, 9.17) is 0 Å². The highest BCUT2D eigenvalue weighted by atomic mass is 32.2. The maximum Gasteiger partial charge on any atom is 0.0833 e. The van der Waals surface area contributed by atoms with Crippen molar-refractivity contribution in [3.8, 4) is 6.07 Å². The van der Waals surface area contributed by atoms with Gasteiger partial charge in [-0.25, -0.2) is 0 Å². The summed E-state index contributed by atoms with van der Waals surface area (Å²) in [6, 6.07) is 21.5. The lowest BCUT2D eigenvalue weighted by Crippen LogP contribution is -2.27. The first-order valence-corrected chi connectivity index (χ1v) is 8.39. The first-order valence-electron chi connectivity index (χ1n) is 7.58. The molecule has 3 rings (SSSR count). The van der Waals surface area contributed by atoms with Crippen LogP contribution in [0.5, 0.6) is 0 Å². The van der Waals surface area contributed by atoms with Crippen molar-refractivity contribution in [2.75, 3.05) is 0 Å². The van der Waals surface area contributed by atoms with Gasteiger partial charge in [0.25, 0.3) is 0 Å². The maximum atomic E-state index is 9.83. The van der Waals surface area contributed by atoms with Gasteiger partial charge in [0.05, 0.1) is 11.5 Å². The number of nitrogens with zero attached hydrogens (tertiary/aromatic N) is 1. The van der Waals surface area contributed by atoms with Gasteiger partial charge in [0.1, 0.15) is 0 Å². The average molecular weight is 293 g/mol. The Morgan fingerprint density at radius 2 is 1.52 bits per heavy atom. The summed E-state index contributed by atoms with van der Waals surface area (Å²) in [5.41, 5.74) is 0.942. The van der Waals surface area contributed by atoms with Crippen LogP contribution in [0.4, 0.5) is 0 Å². The zero-order valence-corrected chi connectivity index (χ0v) is 12.9. The monoisotopic (exact) mass is 293 g/mol. The first-order chi connectivity index (χ1) is 10.3. The van der Waals surface area contributed by atoms with Gasteiger partial charge in [0.2, 0.25) is 0 Å². The van der Waals surface area contributed by atoms with Crippen LogP contribution in [0.2, 0.25) is 0 Å². The zero-order valence-electron chi connectivity index (χ0n) is 12.1. The Bertz CT molecular complexity index is 636. The lowest BCUT2D eigenvalue weighted by atomic mass is 9.70.